The highest BCUT2D eigenvalue weighted by molar-refractivity contribution is 7.81. The van der Waals surface area contributed by atoms with Crippen LogP contribution >= 0.6 is 0 Å². The Hall–Kier alpha value is -2.18. The molecule has 2 aromatic rings. The lowest BCUT2D eigenvalue weighted by Crippen LogP contribution is -2.23. The van der Waals surface area contributed by atoms with Crippen LogP contribution in [0.5, 0.6) is 0 Å². The van der Waals surface area contributed by atoms with Gasteiger partial charge in [0.15, 0.2) is 0 Å². The first kappa shape index (κ1) is 14.2. The maximum atomic E-state index is 11.6. The van der Waals surface area contributed by atoms with Gasteiger partial charge >= 0.3 is 0 Å². The molecule has 0 aromatic heterocycles. The molecular formula is C14H14N2O3S. The van der Waals surface area contributed by atoms with Crippen molar-refractivity contribution < 1.29 is 13.6 Å². The number of amides is 1. The molecule has 1 amide bonds. The van der Waals surface area contributed by atoms with E-state index < -0.39 is 17.2 Å². The summed E-state index contributed by atoms with van der Waals surface area (Å²) < 4.78 is 22.3. The predicted octanol–water partition coefficient (Wildman–Crippen LogP) is 2.37. The minimum absolute atomic E-state index is 0.190. The molecule has 1 atom stereocenters. The van der Waals surface area contributed by atoms with Gasteiger partial charge in [-0.25, -0.2) is 8.51 Å². The lowest BCUT2D eigenvalue weighted by Gasteiger charge is -2.22. The summed E-state index contributed by atoms with van der Waals surface area (Å²) in [6.45, 7) is 1.92. The molecule has 3 N–H and O–H groups in total. The van der Waals surface area contributed by atoms with Gasteiger partial charge < -0.3 is 5.73 Å². The number of nitrogens with zero attached hydrogens (tertiary/aromatic N) is 1. The number of primary amides is 1. The SMILES string of the molecule is Cc1ccc(N(c2ccccc2C(N)=O)S(=O)O)cc1. The molecule has 6 heteroatoms. The van der Waals surface area contributed by atoms with Gasteiger partial charge in [0.2, 0.25) is 0 Å². The fraction of sp³-hybridized carbons (Fsp3) is 0.0714. The van der Waals surface area contributed by atoms with Crippen LogP contribution in [0, 0.1) is 6.92 Å². The fourth-order valence-corrected chi connectivity index (χ4v) is 2.48. The van der Waals surface area contributed by atoms with Crippen LogP contribution < -0.4 is 10.0 Å². The molecule has 0 bridgehead atoms. The van der Waals surface area contributed by atoms with Gasteiger partial charge in [0.25, 0.3) is 17.2 Å². The van der Waals surface area contributed by atoms with Crippen molar-refractivity contribution in [2.75, 3.05) is 4.31 Å². The molecule has 2 aromatic carbocycles. The summed E-state index contributed by atoms with van der Waals surface area (Å²) in [5.74, 6) is -0.650. The van der Waals surface area contributed by atoms with Crippen molar-refractivity contribution in [2.45, 2.75) is 6.92 Å². The van der Waals surface area contributed by atoms with Gasteiger partial charge in [0.05, 0.1) is 16.9 Å². The van der Waals surface area contributed by atoms with Crippen molar-refractivity contribution in [3.8, 4) is 0 Å². The van der Waals surface area contributed by atoms with Crippen LogP contribution in [0.1, 0.15) is 15.9 Å². The number of anilines is 2. The molecule has 0 radical (unpaired) electrons. The molecule has 1 unspecified atom stereocenters. The number of para-hydroxylation sites is 1. The summed E-state index contributed by atoms with van der Waals surface area (Å²) in [6, 6.07) is 13.5. The Morgan fingerprint density at radius 3 is 2.30 bits per heavy atom. The second-order valence-electron chi connectivity index (χ2n) is 4.24. The highest BCUT2D eigenvalue weighted by Crippen LogP contribution is 2.29. The smallest absolute Gasteiger partial charge is 0.266 e. The zero-order valence-electron chi connectivity index (χ0n) is 10.8. The first-order valence-corrected chi connectivity index (χ1v) is 6.93. The van der Waals surface area contributed by atoms with Gasteiger partial charge in [-0.05, 0) is 31.2 Å². The van der Waals surface area contributed by atoms with Crippen LogP contribution in [-0.4, -0.2) is 14.7 Å². The van der Waals surface area contributed by atoms with E-state index in [2.05, 4.69) is 0 Å². The van der Waals surface area contributed by atoms with Gasteiger partial charge in [0.1, 0.15) is 0 Å². The summed E-state index contributed by atoms with van der Waals surface area (Å²) >= 11 is -2.31. The number of carbonyl (C=O) groups excluding carboxylic acids is 1. The van der Waals surface area contributed by atoms with Crippen molar-refractivity contribution in [1.29, 1.82) is 0 Å². The van der Waals surface area contributed by atoms with Crippen LogP contribution in [-0.2, 0) is 11.3 Å². The Kier molecular flexibility index (Phi) is 4.16. The summed E-state index contributed by atoms with van der Waals surface area (Å²) in [6.07, 6.45) is 0. The van der Waals surface area contributed by atoms with E-state index in [0.717, 1.165) is 9.87 Å². The number of nitrogens with two attached hydrogens (primary N) is 1. The standard InChI is InChI=1S/C14H14N2O3S/c1-10-6-8-11(9-7-10)16(20(18)19)13-5-3-2-4-12(13)14(15)17/h2-9H,1H3,(H2,15,17)(H,18,19). The summed E-state index contributed by atoms with van der Waals surface area (Å²) in [7, 11) is 0. The molecule has 0 aliphatic heterocycles. The Balaban J connectivity index is 2.58. The Bertz CT molecular complexity index is 656. The van der Waals surface area contributed by atoms with E-state index in [1.807, 2.05) is 19.1 Å². The lowest BCUT2D eigenvalue weighted by molar-refractivity contribution is 0.100. The van der Waals surface area contributed by atoms with E-state index in [0.29, 0.717) is 11.4 Å². The van der Waals surface area contributed by atoms with Crippen LogP contribution in [0.25, 0.3) is 0 Å². The molecule has 104 valence electrons. The highest BCUT2D eigenvalue weighted by atomic mass is 32.2. The molecule has 20 heavy (non-hydrogen) atoms. The molecular weight excluding hydrogens is 276 g/mol. The second-order valence-corrected chi connectivity index (χ2v) is 5.07. The maximum absolute atomic E-state index is 11.6. The first-order valence-electron chi connectivity index (χ1n) is 5.87. The van der Waals surface area contributed by atoms with Gasteiger partial charge in [-0.3, -0.25) is 9.35 Å². The first-order chi connectivity index (χ1) is 9.50. The van der Waals surface area contributed by atoms with Crippen molar-refractivity contribution in [2.24, 2.45) is 5.73 Å². The van der Waals surface area contributed by atoms with Crippen LogP contribution in [0.15, 0.2) is 48.5 Å². The van der Waals surface area contributed by atoms with E-state index in [-0.39, 0.29) is 5.56 Å². The number of rotatable bonds is 4. The van der Waals surface area contributed by atoms with Crippen molar-refractivity contribution in [1.82, 2.24) is 0 Å². The summed E-state index contributed by atoms with van der Waals surface area (Å²) in [5, 5.41) is 0. The lowest BCUT2D eigenvalue weighted by atomic mass is 10.1. The maximum Gasteiger partial charge on any atom is 0.266 e. The molecule has 5 nitrogen and oxygen atoms in total. The Labute approximate surface area is 119 Å². The fourth-order valence-electron chi connectivity index (χ4n) is 1.85. The molecule has 2 rings (SSSR count). The number of carbonyl (C=O) groups is 1. The van der Waals surface area contributed by atoms with E-state index in [9.17, 15) is 13.6 Å². The topological polar surface area (TPSA) is 83.6 Å². The van der Waals surface area contributed by atoms with Crippen molar-refractivity contribution in [3.63, 3.8) is 0 Å². The van der Waals surface area contributed by atoms with Crippen LogP contribution in [0.2, 0.25) is 0 Å². The number of aryl methyl sites for hydroxylation is 1. The molecule has 0 aliphatic rings. The zero-order valence-corrected chi connectivity index (χ0v) is 11.6. The number of benzene rings is 2. The van der Waals surface area contributed by atoms with Crippen molar-refractivity contribution >= 4 is 28.5 Å². The zero-order chi connectivity index (χ0) is 14.7. The third kappa shape index (κ3) is 2.87. The molecule has 0 saturated carbocycles. The molecule has 0 fully saturated rings. The van der Waals surface area contributed by atoms with Gasteiger partial charge in [-0.2, -0.15) is 0 Å². The predicted molar refractivity (Wildman–Crippen MR) is 79.0 cm³/mol. The Morgan fingerprint density at radius 1 is 1.15 bits per heavy atom. The Morgan fingerprint density at radius 2 is 1.75 bits per heavy atom. The number of hydrogen-bond acceptors (Lipinski definition) is 2. The summed E-state index contributed by atoms with van der Waals surface area (Å²) in [4.78, 5) is 11.4. The van der Waals surface area contributed by atoms with Crippen molar-refractivity contribution in [3.05, 3.63) is 59.7 Å². The molecule has 0 saturated heterocycles. The van der Waals surface area contributed by atoms with Crippen LogP contribution in [0.4, 0.5) is 11.4 Å². The van der Waals surface area contributed by atoms with E-state index in [1.165, 1.54) is 6.07 Å². The van der Waals surface area contributed by atoms with Gasteiger partial charge in [-0.15, -0.1) is 0 Å². The minimum Gasteiger partial charge on any atom is -0.366 e. The minimum atomic E-state index is -2.31. The van der Waals surface area contributed by atoms with Crippen LogP contribution in [0.3, 0.4) is 0 Å². The van der Waals surface area contributed by atoms with Gasteiger partial charge in [0, 0.05) is 0 Å². The van der Waals surface area contributed by atoms with E-state index >= 15 is 0 Å². The molecule has 0 spiro atoms. The van der Waals surface area contributed by atoms with Gasteiger partial charge in [-0.1, -0.05) is 29.8 Å². The second kappa shape index (κ2) is 5.85. The molecule has 0 aliphatic carbocycles. The largest absolute Gasteiger partial charge is 0.366 e. The average molecular weight is 290 g/mol. The quantitative estimate of drug-likeness (QED) is 0.848. The average Bonchev–Trinajstić information content (AvgIpc) is 2.41. The molecule has 0 heterocycles. The van der Waals surface area contributed by atoms with E-state index in [1.54, 1.807) is 30.3 Å². The third-order valence-corrected chi connectivity index (χ3v) is 3.53. The van der Waals surface area contributed by atoms with E-state index in [4.69, 9.17) is 5.73 Å². The summed E-state index contributed by atoms with van der Waals surface area (Å²) in [5.41, 5.74) is 7.33. The third-order valence-electron chi connectivity index (χ3n) is 2.81. The highest BCUT2D eigenvalue weighted by Gasteiger charge is 2.20. The number of hydrogen-bond donors (Lipinski definition) is 2. The monoisotopic (exact) mass is 290 g/mol. The normalized spacial score (nSPS) is 11.9.